The summed E-state index contributed by atoms with van der Waals surface area (Å²) >= 11 is 3.42. The van der Waals surface area contributed by atoms with Crippen molar-refractivity contribution >= 4 is 15.9 Å². The van der Waals surface area contributed by atoms with Gasteiger partial charge in [-0.2, -0.15) is 0 Å². The van der Waals surface area contributed by atoms with E-state index in [4.69, 9.17) is 11.2 Å². The lowest BCUT2D eigenvalue weighted by molar-refractivity contribution is 0.516. The molecule has 62 valence electrons. The fourth-order valence-corrected chi connectivity index (χ4v) is 1.39. The minimum absolute atomic E-state index is 0.748. The number of aryl methyl sites for hydroxylation is 2. The summed E-state index contributed by atoms with van der Waals surface area (Å²) in [6.07, 6.45) is 7.19. The van der Waals surface area contributed by atoms with Crippen molar-refractivity contribution in [3.63, 3.8) is 0 Å². The summed E-state index contributed by atoms with van der Waals surface area (Å²) in [6, 6.07) is 3.90. The maximum Gasteiger partial charge on any atom is 0.143 e. The predicted octanol–water partition coefficient (Wildman–Crippen LogP) is 3.04. The van der Waals surface area contributed by atoms with Crippen LogP contribution in [0.15, 0.2) is 16.6 Å². The molecule has 0 spiro atoms. The van der Waals surface area contributed by atoms with Crippen molar-refractivity contribution in [2.24, 2.45) is 0 Å². The molecule has 0 aliphatic rings. The van der Waals surface area contributed by atoms with E-state index in [9.17, 15) is 0 Å². The molecule has 0 aliphatic heterocycles. The molecule has 0 atom stereocenters. The first-order valence-corrected chi connectivity index (χ1v) is 4.33. The van der Waals surface area contributed by atoms with Crippen molar-refractivity contribution < 1.29 is 4.74 Å². The van der Waals surface area contributed by atoms with E-state index < -0.39 is 0 Å². The van der Waals surface area contributed by atoms with Gasteiger partial charge in [0.15, 0.2) is 0 Å². The number of halogens is 1. The van der Waals surface area contributed by atoms with Gasteiger partial charge < -0.3 is 4.74 Å². The van der Waals surface area contributed by atoms with Gasteiger partial charge in [0.25, 0.3) is 0 Å². The average Bonchev–Trinajstić information content (AvgIpc) is 2.01. The van der Waals surface area contributed by atoms with Gasteiger partial charge in [-0.3, -0.25) is 0 Å². The maximum absolute atomic E-state index is 5.03. The van der Waals surface area contributed by atoms with Crippen molar-refractivity contribution in [3.05, 3.63) is 27.7 Å². The highest BCUT2D eigenvalue weighted by molar-refractivity contribution is 9.10. The Morgan fingerprint density at radius 1 is 1.33 bits per heavy atom. The summed E-state index contributed by atoms with van der Waals surface area (Å²) in [5.74, 6) is 0.748. The number of benzene rings is 1. The molecule has 0 fully saturated rings. The molecule has 0 aromatic heterocycles. The topological polar surface area (TPSA) is 9.23 Å². The smallest absolute Gasteiger partial charge is 0.143 e. The molecule has 12 heavy (non-hydrogen) atoms. The van der Waals surface area contributed by atoms with Crippen molar-refractivity contribution in [1.29, 1.82) is 0 Å². The molecule has 1 nitrogen and oxygen atoms in total. The highest BCUT2D eigenvalue weighted by atomic mass is 79.9. The summed E-state index contributed by atoms with van der Waals surface area (Å²) < 4.78 is 6.05. The molecule has 0 saturated carbocycles. The first kappa shape index (κ1) is 9.15. The second kappa shape index (κ2) is 3.64. The van der Waals surface area contributed by atoms with Gasteiger partial charge in [0.2, 0.25) is 0 Å². The first-order valence-electron chi connectivity index (χ1n) is 3.54. The van der Waals surface area contributed by atoms with E-state index in [2.05, 4.69) is 22.0 Å². The van der Waals surface area contributed by atoms with Crippen molar-refractivity contribution in [2.75, 3.05) is 0 Å². The molecular weight excluding hydrogens is 216 g/mol. The van der Waals surface area contributed by atoms with Crippen LogP contribution in [-0.2, 0) is 0 Å². The van der Waals surface area contributed by atoms with Crippen LogP contribution in [0.3, 0.4) is 0 Å². The van der Waals surface area contributed by atoms with Crippen LogP contribution in [0.4, 0.5) is 0 Å². The lowest BCUT2D eigenvalue weighted by atomic mass is 10.1. The molecule has 0 saturated heterocycles. The first-order chi connectivity index (χ1) is 5.65. The van der Waals surface area contributed by atoms with Gasteiger partial charge in [-0.15, -0.1) is 0 Å². The Morgan fingerprint density at radius 2 is 2.00 bits per heavy atom. The second-order valence-electron chi connectivity index (χ2n) is 2.59. The van der Waals surface area contributed by atoms with Crippen molar-refractivity contribution in [2.45, 2.75) is 13.8 Å². The van der Waals surface area contributed by atoms with Gasteiger partial charge in [0.1, 0.15) is 11.9 Å². The Labute approximate surface area is 80.9 Å². The van der Waals surface area contributed by atoms with Crippen LogP contribution < -0.4 is 4.74 Å². The summed E-state index contributed by atoms with van der Waals surface area (Å²) in [5.41, 5.74) is 2.15. The lowest BCUT2D eigenvalue weighted by Gasteiger charge is -2.05. The quantitative estimate of drug-likeness (QED) is 0.667. The van der Waals surface area contributed by atoms with Gasteiger partial charge in [-0.05, 0) is 37.1 Å². The molecule has 1 rings (SSSR count). The van der Waals surface area contributed by atoms with Gasteiger partial charge in [-0.25, -0.2) is 0 Å². The third-order valence-corrected chi connectivity index (χ3v) is 2.48. The van der Waals surface area contributed by atoms with E-state index in [-0.39, 0.29) is 0 Å². The van der Waals surface area contributed by atoms with Gasteiger partial charge in [0.05, 0.1) is 0 Å². The van der Waals surface area contributed by atoms with Crippen LogP contribution in [-0.4, -0.2) is 0 Å². The molecule has 0 amide bonds. The third-order valence-electron chi connectivity index (χ3n) is 1.63. The van der Waals surface area contributed by atoms with Gasteiger partial charge in [0, 0.05) is 4.47 Å². The average molecular weight is 225 g/mol. The number of hydrogen-bond acceptors (Lipinski definition) is 1. The zero-order valence-electron chi connectivity index (χ0n) is 7.02. The van der Waals surface area contributed by atoms with E-state index in [0.717, 1.165) is 21.3 Å². The Hall–Kier alpha value is -0.940. The molecule has 0 bridgehead atoms. The standard InChI is InChI=1S/C10H9BrO/c1-4-12-10-6-7(2)9(11)5-8(10)3/h1,5-6H,2-3H3. The second-order valence-corrected chi connectivity index (χ2v) is 3.44. The number of terminal acetylenes is 1. The Morgan fingerprint density at radius 3 is 2.58 bits per heavy atom. The molecule has 2 heteroatoms. The molecule has 1 aromatic carbocycles. The lowest BCUT2D eigenvalue weighted by Crippen LogP contribution is -1.88. The predicted molar refractivity (Wildman–Crippen MR) is 53.1 cm³/mol. The zero-order chi connectivity index (χ0) is 9.14. The third kappa shape index (κ3) is 1.80. The van der Waals surface area contributed by atoms with E-state index in [1.807, 2.05) is 26.0 Å². The molecule has 0 heterocycles. The van der Waals surface area contributed by atoms with E-state index in [1.165, 1.54) is 0 Å². The minimum Gasteiger partial charge on any atom is -0.408 e. The SMILES string of the molecule is C#COc1cc(C)c(Br)cc1C. The molecular formula is C10H9BrO. The summed E-state index contributed by atoms with van der Waals surface area (Å²) in [5, 5.41) is 0. The number of rotatable bonds is 1. The highest BCUT2D eigenvalue weighted by Crippen LogP contribution is 2.25. The highest BCUT2D eigenvalue weighted by Gasteiger charge is 2.02. The van der Waals surface area contributed by atoms with Crippen LogP contribution in [0.5, 0.6) is 5.75 Å². The van der Waals surface area contributed by atoms with E-state index >= 15 is 0 Å². The van der Waals surface area contributed by atoms with Gasteiger partial charge in [-0.1, -0.05) is 22.4 Å². The minimum atomic E-state index is 0.748. The molecule has 0 N–H and O–H groups in total. The summed E-state index contributed by atoms with van der Waals surface area (Å²) in [6.45, 7) is 3.95. The Bertz CT molecular complexity index is 336. The fourth-order valence-electron chi connectivity index (χ4n) is 0.928. The van der Waals surface area contributed by atoms with E-state index in [1.54, 1.807) is 0 Å². The number of ether oxygens (including phenoxy) is 1. The van der Waals surface area contributed by atoms with E-state index in [0.29, 0.717) is 0 Å². The Kier molecular flexibility index (Phi) is 2.78. The maximum atomic E-state index is 5.03. The van der Waals surface area contributed by atoms with Gasteiger partial charge >= 0.3 is 0 Å². The van der Waals surface area contributed by atoms with Crippen molar-refractivity contribution in [3.8, 4) is 18.3 Å². The molecule has 0 unspecified atom stereocenters. The summed E-state index contributed by atoms with van der Waals surface area (Å²) in [7, 11) is 0. The molecule has 0 aliphatic carbocycles. The number of hydrogen-bond donors (Lipinski definition) is 0. The Balaban J connectivity index is 3.16. The molecule has 1 aromatic rings. The van der Waals surface area contributed by atoms with Crippen LogP contribution in [0, 0.1) is 26.4 Å². The van der Waals surface area contributed by atoms with Crippen LogP contribution >= 0.6 is 15.9 Å². The monoisotopic (exact) mass is 224 g/mol. The normalized spacial score (nSPS) is 9.17. The van der Waals surface area contributed by atoms with Crippen LogP contribution in [0.1, 0.15) is 11.1 Å². The van der Waals surface area contributed by atoms with Crippen LogP contribution in [0.2, 0.25) is 0 Å². The van der Waals surface area contributed by atoms with Crippen LogP contribution in [0.25, 0.3) is 0 Å². The largest absolute Gasteiger partial charge is 0.408 e. The summed E-state index contributed by atoms with van der Waals surface area (Å²) in [4.78, 5) is 0. The fraction of sp³-hybridized carbons (Fsp3) is 0.200. The van der Waals surface area contributed by atoms with Crippen molar-refractivity contribution in [1.82, 2.24) is 0 Å². The molecule has 0 radical (unpaired) electrons. The zero-order valence-corrected chi connectivity index (χ0v) is 8.60.